The summed E-state index contributed by atoms with van der Waals surface area (Å²) >= 11 is 6.03. The van der Waals surface area contributed by atoms with Gasteiger partial charge in [-0.15, -0.1) is 0 Å². The van der Waals surface area contributed by atoms with Gasteiger partial charge in [0.25, 0.3) is 0 Å². The van der Waals surface area contributed by atoms with Crippen molar-refractivity contribution in [1.29, 1.82) is 0 Å². The Morgan fingerprint density at radius 3 is 2.60 bits per heavy atom. The highest BCUT2D eigenvalue weighted by atomic mass is 35.5. The van der Waals surface area contributed by atoms with Crippen LogP contribution in [0.2, 0.25) is 5.02 Å². The molecule has 2 aromatic carbocycles. The smallest absolute Gasteiger partial charge is 0.120 e. The van der Waals surface area contributed by atoms with Crippen molar-refractivity contribution in [1.82, 2.24) is 0 Å². The first-order chi connectivity index (χ1) is 9.57. The predicted molar refractivity (Wildman–Crippen MR) is 82.5 cm³/mol. The van der Waals surface area contributed by atoms with Gasteiger partial charge >= 0.3 is 0 Å². The van der Waals surface area contributed by atoms with Crippen molar-refractivity contribution < 1.29 is 9.84 Å². The Labute approximate surface area is 124 Å². The molecule has 0 amide bonds. The van der Waals surface area contributed by atoms with Gasteiger partial charge in [-0.3, -0.25) is 0 Å². The summed E-state index contributed by atoms with van der Waals surface area (Å²) in [6.07, 6.45) is 0. The van der Waals surface area contributed by atoms with E-state index in [-0.39, 0.29) is 6.61 Å². The van der Waals surface area contributed by atoms with Crippen LogP contribution < -0.4 is 10.1 Å². The van der Waals surface area contributed by atoms with Gasteiger partial charge < -0.3 is 15.2 Å². The lowest BCUT2D eigenvalue weighted by Gasteiger charge is -2.31. The fourth-order valence-corrected chi connectivity index (χ4v) is 2.24. The minimum atomic E-state index is -0.614. The van der Waals surface area contributed by atoms with E-state index in [1.165, 1.54) is 0 Å². The van der Waals surface area contributed by atoms with Crippen LogP contribution in [0.4, 0.5) is 5.69 Å². The van der Waals surface area contributed by atoms with Gasteiger partial charge in [0.05, 0.1) is 19.3 Å². The fraction of sp³-hybridized carbons (Fsp3) is 0.250. The van der Waals surface area contributed by atoms with E-state index in [0.29, 0.717) is 5.02 Å². The molecule has 0 aliphatic heterocycles. The Hall–Kier alpha value is -1.71. The first-order valence-electron chi connectivity index (χ1n) is 6.36. The van der Waals surface area contributed by atoms with Gasteiger partial charge in [0.15, 0.2) is 0 Å². The van der Waals surface area contributed by atoms with Crippen molar-refractivity contribution in [3.63, 3.8) is 0 Å². The number of aliphatic hydroxyl groups excluding tert-OH is 1. The van der Waals surface area contributed by atoms with Gasteiger partial charge in [-0.2, -0.15) is 0 Å². The Balaban J connectivity index is 2.31. The zero-order chi connectivity index (χ0) is 14.6. The van der Waals surface area contributed by atoms with Crippen molar-refractivity contribution in [2.24, 2.45) is 0 Å². The van der Waals surface area contributed by atoms with Crippen LogP contribution in [0.15, 0.2) is 48.5 Å². The fourth-order valence-electron chi connectivity index (χ4n) is 2.05. The largest absolute Gasteiger partial charge is 0.497 e. The second-order valence-corrected chi connectivity index (χ2v) is 5.29. The van der Waals surface area contributed by atoms with Gasteiger partial charge in [0, 0.05) is 16.8 Å². The summed E-state index contributed by atoms with van der Waals surface area (Å²) in [5.74, 6) is 0.765. The van der Waals surface area contributed by atoms with Crippen LogP contribution in [0.25, 0.3) is 0 Å². The molecule has 0 bridgehead atoms. The highest BCUT2D eigenvalue weighted by Crippen LogP contribution is 2.29. The van der Waals surface area contributed by atoms with Gasteiger partial charge in [-0.1, -0.05) is 29.8 Å². The molecule has 4 heteroatoms. The predicted octanol–water partition coefficient (Wildman–Crippen LogP) is 3.67. The third-order valence-electron chi connectivity index (χ3n) is 3.27. The Kier molecular flexibility index (Phi) is 4.53. The Bertz CT molecular complexity index is 588. The minimum Gasteiger partial charge on any atom is -0.497 e. The number of rotatable bonds is 5. The van der Waals surface area contributed by atoms with E-state index >= 15 is 0 Å². The van der Waals surface area contributed by atoms with Crippen LogP contribution in [-0.2, 0) is 5.54 Å². The van der Waals surface area contributed by atoms with Crippen molar-refractivity contribution in [3.8, 4) is 5.75 Å². The zero-order valence-corrected chi connectivity index (χ0v) is 12.3. The van der Waals surface area contributed by atoms with E-state index in [1.54, 1.807) is 7.11 Å². The van der Waals surface area contributed by atoms with E-state index in [4.69, 9.17) is 16.3 Å². The number of halogens is 1. The van der Waals surface area contributed by atoms with Crippen LogP contribution in [0, 0.1) is 0 Å². The van der Waals surface area contributed by atoms with E-state index < -0.39 is 5.54 Å². The first-order valence-corrected chi connectivity index (χ1v) is 6.74. The molecule has 2 rings (SSSR count). The number of nitrogens with one attached hydrogen (secondary N) is 1. The number of aliphatic hydroxyl groups is 1. The SMILES string of the molecule is COc1cccc(NC(C)(CO)c2cccc(Cl)c2)c1. The third-order valence-corrected chi connectivity index (χ3v) is 3.50. The second kappa shape index (κ2) is 6.16. The molecule has 0 aliphatic rings. The molecule has 0 radical (unpaired) electrons. The Morgan fingerprint density at radius 1 is 1.20 bits per heavy atom. The molecule has 0 aliphatic carbocycles. The maximum Gasteiger partial charge on any atom is 0.120 e. The summed E-state index contributed by atoms with van der Waals surface area (Å²) in [5.41, 5.74) is 1.19. The quantitative estimate of drug-likeness (QED) is 0.883. The molecule has 1 atom stereocenters. The monoisotopic (exact) mass is 291 g/mol. The number of hydrogen-bond donors (Lipinski definition) is 2. The van der Waals surface area contributed by atoms with Gasteiger partial charge in [0.2, 0.25) is 0 Å². The molecule has 0 heterocycles. The van der Waals surface area contributed by atoms with E-state index in [1.807, 2.05) is 55.5 Å². The summed E-state index contributed by atoms with van der Waals surface area (Å²) in [5, 5.41) is 13.8. The molecule has 0 fully saturated rings. The second-order valence-electron chi connectivity index (χ2n) is 4.86. The number of hydrogen-bond acceptors (Lipinski definition) is 3. The minimum absolute atomic E-state index is 0.0510. The van der Waals surface area contributed by atoms with Crippen LogP contribution >= 0.6 is 11.6 Å². The van der Waals surface area contributed by atoms with Crippen LogP contribution in [0.1, 0.15) is 12.5 Å². The maximum absolute atomic E-state index is 9.78. The van der Waals surface area contributed by atoms with E-state index in [2.05, 4.69) is 5.32 Å². The summed E-state index contributed by atoms with van der Waals surface area (Å²) in [7, 11) is 1.63. The van der Waals surface area contributed by atoms with Gasteiger partial charge in [-0.05, 0) is 36.8 Å². The standard InChI is InChI=1S/C16H18ClNO2/c1-16(11-19,12-5-3-6-13(17)9-12)18-14-7-4-8-15(10-14)20-2/h3-10,18-19H,11H2,1-2H3. The summed E-state index contributed by atoms with van der Waals surface area (Å²) in [4.78, 5) is 0. The molecule has 2 aromatic rings. The van der Waals surface area contributed by atoms with Gasteiger partial charge in [0.1, 0.15) is 5.75 Å². The molecule has 0 saturated carbocycles. The number of ether oxygens (including phenoxy) is 1. The summed E-state index contributed by atoms with van der Waals surface area (Å²) in [6, 6.07) is 15.1. The molecule has 3 nitrogen and oxygen atoms in total. The summed E-state index contributed by atoms with van der Waals surface area (Å²) in [6.45, 7) is 1.88. The molecule has 2 N–H and O–H groups in total. The first kappa shape index (κ1) is 14.7. The molecular weight excluding hydrogens is 274 g/mol. The highest BCUT2D eigenvalue weighted by molar-refractivity contribution is 6.30. The molecule has 0 saturated heterocycles. The van der Waals surface area contributed by atoms with Crippen molar-refractivity contribution in [2.75, 3.05) is 19.0 Å². The third kappa shape index (κ3) is 3.24. The van der Waals surface area contributed by atoms with Crippen LogP contribution in [0.5, 0.6) is 5.75 Å². The van der Waals surface area contributed by atoms with Crippen molar-refractivity contribution >= 4 is 17.3 Å². The average molecular weight is 292 g/mol. The lowest BCUT2D eigenvalue weighted by Crippen LogP contribution is -2.35. The number of benzene rings is 2. The molecule has 0 spiro atoms. The zero-order valence-electron chi connectivity index (χ0n) is 11.6. The van der Waals surface area contributed by atoms with E-state index in [0.717, 1.165) is 17.0 Å². The highest BCUT2D eigenvalue weighted by Gasteiger charge is 2.25. The lowest BCUT2D eigenvalue weighted by atomic mass is 9.92. The van der Waals surface area contributed by atoms with Crippen LogP contribution in [0.3, 0.4) is 0 Å². The number of methoxy groups -OCH3 is 1. The lowest BCUT2D eigenvalue weighted by molar-refractivity contribution is 0.224. The maximum atomic E-state index is 9.78. The Morgan fingerprint density at radius 2 is 1.95 bits per heavy atom. The van der Waals surface area contributed by atoms with Crippen molar-refractivity contribution in [2.45, 2.75) is 12.5 Å². The topological polar surface area (TPSA) is 41.5 Å². The van der Waals surface area contributed by atoms with Crippen LogP contribution in [-0.4, -0.2) is 18.8 Å². The molecule has 0 aromatic heterocycles. The number of anilines is 1. The average Bonchev–Trinajstić information content (AvgIpc) is 2.47. The van der Waals surface area contributed by atoms with E-state index in [9.17, 15) is 5.11 Å². The molecule has 1 unspecified atom stereocenters. The van der Waals surface area contributed by atoms with Crippen molar-refractivity contribution in [3.05, 3.63) is 59.1 Å². The molecular formula is C16H18ClNO2. The summed E-state index contributed by atoms with van der Waals surface area (Å²) < 4.78 is 5.20. The normalized spacial score (nSPS) is 13.6. The van der Waals surface area contributed by atoms with Gasteiger partial charge in [-0.25, -0.2) is 0 Å². The molecule has 20 heavy (non-hydrogen) atoms. The molecule has 106 valence electrons.